The molecule has 1 aromatic carbocycles. The number of benzene rings is 1. The van der Waals surface area contributed by atoms with E-state index in [1.807, 2.05) is 0 Å². The molecule has 0 aromatic heterocycles. The Bertz CT molecular complexity index is 530. The Balaban J connectivity index is 2.81. The molecule has 108 valence electrons. The number of carbonyl (C=O) groups is 2. The standard InChI is InChI=1S/C12H16N4O4/c1-3-14-11(17)7-15-12(18)8-4-5-9(13-2)10(6-8)16(19)20/h4-6,13H,3,7H2,1-2H3,(H,14,17)(H,15,18). The van der Waals surface area contributed by atoms with E-state index in [0.717, 1.165) is 0 Å². The number of hydrogen-bond acceptors (Lipinski definition) is 5. The second-order valence-electron chi connectivity index (χ2n) is 3.88. The molecule has 0 heterocycles. The fourth-order valence-corrected chi connectivity index (χ4v) is 1.56. The first-order valence-electron chi connectivity index (χ1n) is 6.00. The SMILES string of the molecule is CCNC(=O)CNC(=O)c1ccc(NC)c([N+](=O)[O-])c1. The minimum absolute atomic E-state index is 0.125. The lowest BCUT2D eigenvalue weighted by molar-refractivity contribution is -0.384. The number of likely N-dealkylation sites (N-methyl/N-ethyl adjacent to an activating group) is 1. The molecule has 8 nitrogen and oxygen atoms in total. The van der Waals surface area contributed by atoms with Crippen LogP contribution < -0.4 is 16.0 Å². The highest BCUT2D eigenvalue weighted by molar-refractivity contribution is 5.97. The van der Waals surface area contributed by atoms with Gasteiger partial charge in [-0.3, -0.25) is 19.7 Å². The Morgan fingerprint density at radius 1 is 1.30 bits per heavy atom. The Kier molecular flexibility index (Phi) is 5.45. The van der Waals surface area contributed by atoms with Gasteiger partial charge in [-0.25, -0.2) is 0 Å². The van der Waals surface area contributed by atoms with Gasteiger partial charge in [0.1, 0.15) is 5.69 Å². The summed E-state index contributed by atoms with van der Waals surface area (Å²) < 4.78 is 0. The van der Waals surface area contributed by atoms with Crippen LogP contribution in [-0.4, -0.2) is 36.9 Å². The molecule has 0 radical (unpaired) electrons. The molecule has 8 heteroatoms. The van der Waals surface area contributed by atoms with E-state index >= 15 is 0 Å². The average molecular weight is 280 g/mol. The molecule has 0 unspecified atom stereocenters. The monoisotopic (exact) mass is 280 g/mol. The van der Waals surface area contributed by atoms with Gasteiger partial charge in [0, 0.05) is 25.2 Å². The second-order valence-corrected chi connectivity index (χ2v) is 3.88. The highest BCUT2D eigenvalue weighted by Crippen LogP contribution is 2.24. The van der Waals surface area contributed by atoms with Crippen LogP contribution in [0.25, 0.3) is 0 Å². The number of hydrogen-bond donors (Lipinski definition) is 3. The molecule has 0 saturated carbocycles. The molecule has 3 N–H and O–H groups in total. The molecule has 0 saturated heterocycles. The van der Waals surface area contributed by atoms with Gasteiger partial charge >= 0.3 is 0 Å². The van der Waals surface area contributed by atoms with Crippen LogP contribution in [0.1, 0.15) is 17.3 Å². The van der Waals surface area contributed by atoms with Crippen molar-refractivity contribution in [3.63, 3.8) is 0 Å². The number of nitrogens with one attached hydrogen (secondary N) is 3. The number of rotatable bonds is 6. The highest BCUT2D eigenvalue weighted by atomic mass is 16.6. The summed E-state index contributed by atoms with van der Waals surface area (Å²) in [4.78, 5) is 33.3. The van der Waals surface area contributed by atoms with Gasteiger partial charge in [0.05, 0.1) is 11.5 Å². The summed E-state index contributed by atoms with van der Waals surface area (Å²) >= 11 is 0. The number of nitro benzene ring substituents is 1. The van der Waals surface area contributed by atoms with Crippen LogP contribution in [0.3, 0.4) is 0 Å². The lowest BCUT2D eigenvalue weighted by atomic mass is 10.1. The molecule has 0 fully saturated rings. The number of nitro groups is 1. The number of anilines is 1. The van der Waals surface area contributed by atoms with Crippen molar-refractivity contribution in [3.8, 4) is 0 Å². The van der Waals surface area contributed by atoms with Gasteiger partial charge in [0.15, 0.2) is 0 Å². The topological polar surface area (TPSA) is 113 Å². The number of nitrogens with zero attached hydrogens (tertiary/aromatic N) is 1. The summed E-state index contributed by atoms with van der Waals surface area (Å²) in [5.41, 5.74) is 0.244. The summed E-state index contributed by atoms with van der Waals surface area (Å²) in [6, 6.07) is 4.06. The molecule has 0 bridgehead atoms. The van der Waals surface area contributed by atoms with E-state index in [1.165, 1.54) is 18.2 Å². The highest BCUT2D eigenvalue weighted by Gasteiger charge is 2.17. The van der Waals surface area contributed by atoms with Crippen LogP contribution >= 0.6 is 0 Å². The fourth-order valence-electron chi connectivity index (χ4n) is 1.56. The van der Waals surface area contributed by atoms with E-state index in [9.17, 15) is 19.7 Å². The molecular formula is C12H16N4O4. The Hall–Kier alpha value is -2.64. The second kappa shape index (κ2) is 7.07. The molecule has 1 rings (SSSR count). The summed E-state index contributed by atoms with van der Waals surface area (Å²) in [6.45, 7) is 2.06. The minimum atomic E-state index is -0.577. The molecule has 20 heavy (non-hydrogen) atoms. The maximum absolute atomic E-state index is 11.8. The van der Waals surface area contributed by atoms with Gasteiger partial charge in [0.25, 0.3) is 11.6 Å². The van der Waals surface area contributed by atoms with Gasteiger partial charge < -0.3 is 16.0 Å². The van der Waals surface area contributed by atoms with Gasteiger partial charge in [-0.15, -0.1) is 0 Å². The van der Waals surface area contributed by atoms with Crippen LogP contribution in [-0.2, 0) is 4.79 Å². The zero-order valence-corrected chi connectivity index (χ0v) is 11.2. The molecule has 0 atom stereocenters. The van der Waals surface area contributed by atoms with E-state index in [4.69, 9.17) is 0 Å². The van der Waals surface area contributed by atoms with Crippen molar-refractivity contribution >= 4 is 23.2 Å². The van der Waals surface area contributed by atoms with Crippen molar-refractivity contribution in [2.24, 2.45) is 0 Å². The number of carbonyl (C=O) groups excluding carboxylic acids is 2. The van der Waals surface area contributed by atoms with E-state index in [2.05, 4.69) is 16.0 Å². The van der Waals surface area contributed by atoms with Gasteiger partial charge in [-0.05, 0) is 19.1 Å². The third-order valence-electron chi connectivity index (χ3n) is 2.51. The van der Waals surface area contributed by atoms with Gasteiger partial charge in [-0.2, -0.15) is 0 Å². The van der Waals surface area contributed by atoms with Gasteiger partial charge in [-0.1, -0.05) is 0 Å². The quantitative estimate of drug-likeness (QED) is 0.519. The molecule has 0 aliphatic carbocycles. The average Bonchev–Trinajstić information content (AvgIpc) is 2.44. The van der Waals surface area contributed by atoms with Crippen LogP contribution in [0.15, 0.2) is 18.2 Å². The van der Waals surface area contributed by atoms with Crippen LogP contribution in [0.4, 0.5) is 11.4 Å². The Morgan fingerprint density at radius 2 is 2.00 bits per heavy atom. The van der Waals surface area contributed by atoms with Crippen molar-refractivity contribution in [1.29, 1.82) is 0 Å². The maximum Gasteiger partial charge on any atom is 0.293 e. The Labute approximate surface area is 115 Å². The smallest absolute Gasteiger partial charge is 0.293 e. The third kappa shape index (κ3) is 3.94. The fraction of sp³-hybridized carbons (Fsp3) is 0.333. The van der Waals surface area contributed by atoms with Crippen LogP contribution in [0.5, 0.6) is 0 Å². The van der Waals surface area contributed by atoms with Crippen molar-refractivity contribution in [2.45, 2.75) is 6.92 Å². The zero-order chi connectivity index (χ0) is 15.1. The van der Waals surface area contributed by atoms with E-state index < -0.39 is 10.8 Å². The third-order valence-corrected chi connectivity index (χ3v) is 2.51. The lowest BCUT2D eigenvalue weighted by Gasteiger charge is -2.07. The molecule has 2 amide bonds. The van der Waals surface area contributed by atoms with Crippen molar-refractivity contribution in [3.05, 3.63) is 33.9 Å². The molecule has 0 aliphatic rings. The van der Waals surface area contributed by atoms with Crippen molar-refractivity contribution < 1.29 is 14.5 Å². The predicted molar refractivity (Wildman–Crippen MR) is 73.7 cm³/mol. The van der Waals surface area contributed by atoms with Crippen LogP contribution in [0, 0.1) is 10.1 Å². The van der Waals surface area contributed by atoms with E-state index in [-0.39, 0.29) is 23.7 Å². The molecular weight excluding hydrogens is 264 g/mol. The first kappa shape index (κ1) is 15.4. The lowest BCUT2D eigenvalue weighted by Crippen LogP contribution is -2.36. The Morgan fingerprint density at radius 3 is 2.55 bits per heavy atom. The van der Waals surface area contributed by atoms with E-state index in [0.29, 0.717) is 12.2 Å². The number of amides is 2. The normalized spacial score (nSPS) is 9.70. The summed E-state index contributed by atoms with van der Waals surface area (Å²) in [5.74, 6) is -0.857. The van der Waals surface area contributed by atoms with Crippen molar-refractivity contribution in [1.82, 2.24) is 10.6 Å². The van der Waals surface area contributed by atoms with E-state index in [1.54, 1.807) is 14.0 Å². The minimum Gasteiger partial charge on any atom is -0.383 e. The first-order chi connectivity index (χ1) is 9.49. The zero-order valence-electron chi connectivity index (χ0n) is 11.2. The largest absolute Gasteiger partial charge is 0.383 e. The van der Waals surface area contributed by atoms with Crippen molar-refractivity contribution in [2.75, 3.05) is 25.5 Å². The summed E-state index contributed by atoms with van der Waals surface area (Å²) in [5, 5.41) is 18.5. The maximum atomic E-state index is 11.8. The summed E-state index contributed by atoms with van der Waals surface area (Å²) in [6.07, 6.45) is 0. The first-order valence-corrected chi connectivity index (χ1v) is 6.00. The predicted octanol–water partition coefficient (Wildman–Crippen LogP) is 0.502. The molecule has 0 aliphatic heterocycles. The molecule has 0 spiro atoms. The summed E-state index contributed by atoms with van der Waals surface area (Å²) in [7, 11) is 1.55. The van der Waals surface area contributed by atoms with Gasteiger partial charge in [0.2, 0.25) is 5.91 Å². The molecule has 1 aromatic rings. The van der Waals surface area contributed by atoms with Crippen LogP contribution in [0.2, 0.25) is 0 Å².